The van der Waals surface area contributed by atoms with E-state index < -0.39 is 0 Å². The summed E-state index contributed by atoms with van der Waals surface area (Å²) in [5, 5.41) is 6.59. The summed E-state index contributed by atoms with van der Waals surface area (Å²) in [5.74, 6) is 1.82. The second kappa shape index (κ2) is 7.43. The summed E-state index contributed by atoms with van der Waals surface area (Å²) in [6.45, 7) is 9.00. The Morgan fingerprint density at radius 3 is 2.52 bits per heavy atom. The van der Waals surface area contributed by atoms with Crippen molar-refractivity contribution in [2.45, 2.75) is 65.5 Å². The second-order valence-electron chi connectivity index (χ2n) is 5.97. The van der Waals surface area contributed by atoms with Crippen LogP contribution in [-0.4, -0.2) is 33.6 Å². The lowest BCUT2D eigenvalue weighted by molar-refractivity contribution is 0.222. The Hall–Kier alpha value is -1.59. The predicted octanol–water partition coefficient (Wildman–Crippen LogP) is 3.08. The van der Waals surface area contributed by atoms with E-state index in [1.54, 1.807) is 0 Å². The first kappa shape index (κ1) is 15.8. The second-order valence-corrected chi connectivity index (χ2v) is 5.97. The van der Waals surface area contributed by atoms with E-state index in [9.17, 15) is 0 Å². The van der Waals surface area contributed by atoms with Gasteiger partial charge in [0, 0.05) is 12.6 Å². The van der Waals surface area contributed by atoms with E-state index in [2.05, 4.69) is 32.5 Å². The maximum atomic E-state index is 5.62. The number of nitrogens with one attached hydrogen (secondary N) is 2. The quantitative estimate of drug-likeness (QED) is 0.840. The molecule has 1 heterocycles. The number of hydrogen-bond donors (Lipinski definition) is 2. The van der Waals surface area contributed by atoms with Crippen LogP contribution in [0.25, 0.3) is 0 Å². The molecule has 2 rings (SSSR count). The van der Waals surface area contributed by atoms with Crippen molar-refractivity contribution in [3.05, 3.63) is 0 Å². The van der Waals surface area contributed by atoms with Gasteiger partial charge in [0.1, 0.15) is 0 Å². The molecule has 118 valence electrons. The van der Waals surface area contributed by atoms with Crippen molar-refractivity contribution >= 4 is 11.9 Å². The normalized spacial score (nSPS) is 22.1. The molecular formula is C15H27N5O. The third-order valence-corrected chi connectivity index (χ3v) is 3.72. The van der Waals surface area contributed by atoms with Gasteiger partial charge in [-0.1, -0.05) is 19.8 Å². The minimum absolute atomic E-state index is 0.0448. The van der Waals surface area contributed by atoms with Crippen LogP contribution in [0.5, 0.6) is 6.01 Å². The molecule has 0 bridgehead atoms. The Kier molecular flexibility index (Phi) is 5.59. The minimum Gasteiger partial charge on any atom is -0.461 e. The summed E-state index contributed by atoms with van der Waals surface area (Å²) >= 11 is 0. The summed E-state index contributed by atoms with van der Waals surface area (Å²) in [6.07, 6.45) is 5.06. The minimum atomic E-state index is 0.0448. The highest BCUT2D eigenvalue weighted by atomic mass is 16.5. The highest BCUT2D eigenvalue weighted by Gasteiger charge is 2.22. The van der Waals surface area contributed by atoms with Crippen LogP contribution in [0.1, 0.15) is 53.4 Å². The summed E-state index contributed by atoms with van der Waals surface area (Å²) in [7, 11) is 0. The first-order valence-electron chi connectivity index (χ1n) is 8.01. The molecule has 0 aliphatic heterocycles. The SMILES string of the molecule is CCNc1nc(NC2CCCCC2C)nc(OC(C)C)n1. The molecule has 1 aromatic rings. The van der Waals surface area contributed by atoms with Crippen LogP contribution in [0.4, 0.5) is 11.9 Å². The molecule has 1 aliphatic carbocycles. The molecule has 6 heteroatoms. The van der Waals surface area contributed by atoms with E-state index >= 15 is 0 Å². The number of rotatable bonds is 6. The van der Waals surface area contributed by atoms with Crippen molar-refractivity contribution in [1.82, 2.24) is 15.0 Å². The first-order chi connectivity index (χ1) is 10.1. The Balaban J connectivity index is 2.14. The number of ether oxygens (including phenoxy) is 1. The molecule has 0 saturated heterocycles. The topological polar surface area (TPSA) is 72.0 Å². The van der Waals surface area contributed by atoms with Gasteiger partial charge in [0.15, 0.2) is 0 Å². The van der Waals surface area contributed by atoms with Gasteiger partial charge in [-0.3, -0.25) is 0 Å². The maximum absolute atomic E-state index is 5.62. The first-order valence-corrected chi connectivity index (χ1v) is 8.01. The molecule has 1 aromatic heterocycles. The molecule has 2 atom stereocenters. The standard InChI is InChI=1S/C15H27N5O/c1-5-16-13-18-14(20-15(19-13)21-10(2)3)17-12-9-7-6-8-11(12)4/h10-12H,5-9H2,1-4H3,(H2,16,17,18,19,20). The van der Waals surface area contributed by atoms with E-state index in [0.717, 1.165) is 6.54 Å². The fourth-order valence-corrected chi connectivity index (χ4v) is 2.62. The van der Waals surface area contributed by atoms with Crippen molar-refractivity contribution < 1.29 is 4.74 Å². The van der Waals surface area contributed by atoms with Crippen LogP contribution in [-0.2, 0) is 0 Å². The highest BCUT2D eigenvalue weighted by Crippen LogP contribution is 2.26. The van der Waals surface area contributed by atoms with Crippen LogP contribution in [0.3, 0.4) is 0 Å². The summed E-state index contributed by atoms with van der Waals surface area (Å²) in [4.78, 5) is 13.1. The number of nitrogens with zero attached hydrogens (tertiary/aromatic N) is 3. The monoisotopic (exact) mass is 293 g/mol. The van der Waals surface area contributed by atoms with Gasteiger partial charge in [0.05, 0.1) is 6.10 Å². The zero-order valence-electron chi connectivity index (χ0n) is 13.5. The maximum Gasteiger partial charge on any atom is 0.323 e. The summed E-state index contributed by atoms with van der Waals surface area (Å²) < 4.78 is 5.62. The van der Waals surface area contributed by atoms with Gasteiger partial charge in [-0.2, -0.15) is 15.0 Å². The Morgan fingerprint density at radius 1 is 1.14 bits per heavy atom. The summed E-state index contributed by atoms with van der Waals surface area (Å²) in [6, 6.07) is 0.810. The molecule has 2 unspecified atom stereocenters. The van der Waals surface area contributed by atoms with E-state index in [1.165, 1.54) is 25.7 Å². The largest absolute Gasteiger partial charge is 0.461 e. The molecule has 2 N–H and O–H groups in total. The highest BCUT2D eigenvalue weighted by molar-refractivity contribution is 5.36. The van der Waals surface area contributed by atoms with Gasteiger partial charge in [0.2, 0.25) is 11.9 Å². The fourth-order valence-electron chi connectivity index (χ4n) is 2.62. The van der Waals surface area contributed by atoms with Gasteiger partial charge < -0.3 is 15.4 Å². The lowest BCUT2D eigenvalue weighted by Crippen LogP contribution is -2.31. The van der Waals surface area contributed by atoms with Gasteiger partial charge in [-0.25, -0.2) is 0 Å². The third kappa shape index (κ3) is 4.72. The molecule has 0 aromatic carbocycles. The van der Waals surface area contributed by atoms with Gasteiger partial charge >= 0.3 is 6.01 Å². The van der Waals surface area contributed by atoms with E-state index in [-0.39, 0.29) is 6.10 Å². The molecule has 1 saturated carbocycles. The third-order valence-electron chi connectivity index (χ3n) is 3.72. The van der Waals surface area contributed by atoms with Crippen molar-refractivity contribution in [3.8, 4) is 6.01 Å². The molecule has 0 radical (unpaired) electrons. The molecular weight excluding hydrogens is 266 g/mol. The number of aromatic nitrogens is 3. The lowest BCUT2D eigenvalue weighted by Gasteiger charge is -2.29. The van der Waals surface area contributed by atoms with Crippen LogP contribution < -0.4 is 15.4 Å². The molecule has 21 heavy (non-hydrogen) atoms. The van der Waals surface area contributed by atoms with Crippen molar-refractivity contribution in [1.29, 1.82) is 0 Å². The molecule has 1 aliphatic rings. The Labute approximate surface area is 127 Å². The Bertz CT molecular complexity index is 452. The lowest BCUT2D eigenvalue weighted by atomic mass is 9.86. The van der Waals surface area contributed by atoms with Gasteiger partial charge in [0.25, 0.3) is 0 Å². The fraction of sp³-hybridized carbons (Fsp3) is 0.800. The average molecular weight is 293 g/mol. The van der Waals surface area contributed by atoms with Crippen LogP contribution in [0, 0.1) is 5.92 Å². The van der Waals surface area contributed by atoms with Crippen LogP contribution in [0.2, 0.25) is 0 Å². The van der Waals surface area contributed by atoms with Crippen molar-refractivity contribution in [2.75, 3.05) is 17.2 Å². The van der Waals surface area contributed by atoms with E-state index in [1.807, 2.05) is 20.8 Å². The predicted molar refractivity (Wildman–Crippen MR) is 84.8 cm³/mol. The van der Waals surface area contributed by atoms with E-state index in [4.69, 9.17) is 4.74 Å². The van der Waals surface area contributed by atoms with Crippen LogP contribution in [0.15, 0.2) is 0 Å². The van der Waals surface area contributed by atoms with E-state index in [0.29, 0.717) is 29.9 Å². The number of hydrogen-bond acceptors (Lipinski definition) is 6. The molecule has 0 spiro atoms. The van der Waals surface area contributed by atoms with Gasteiger partial charge in [-0.15, -0.1) is 0 Å². The smallest absolute Gasteiger partial charge is 0.323 e. The van der Waals surface area contributed by atoms with Gasteiger partial charge in [-0.05, 0) is 39.5 Å². The zero-order chi connectivity index (χ0) is 15.2. The Morgan fingerprint density at radius 2 is 1.86 bits per heavy atom. The molecule has 1 fully saturated rings. The summed E-state index contributed by atoms with van der Waals surface area (Å²) in [5.41, 5.74) is 0. The van der Waals surface area contributed by atoms with Crippen molar-refractivity contribution in [2.24, 2.45) is 5.92 Å². The zero-order valence-corrected chi connectivity index (χ0v) is 13.5. The average Bonchev–Trinajstić information content (AvgIpc) is 2.41. The van der Waals surface area contributed by atoms with Crippen LogP contribution >= 0.6 is 0 Å². The molecule has 0 amide bonds. The van der Waals surface area contributed by atoms with Crippen molar-refractivity contribution in [3.63, 3.8) is 0 Å². The number of anilines is 2. The molecule has 6 nitrogen and oxygen atoms in total.